The van der Waals surface area contributed by atoms with Gasteiger partial charge in [-0.15, -0.1) is 0 Å². The fourth-order valence-corrected chi connectivity index (χ4v) is 0. The zero-order valence-electron chi connectivity index (χ0n) is 2.49. The molecule has 21 valence electrons. The van der Waals surface area contributed by atoms with Crippen LogP contribution in [-0.2, 0) is 24.4 Å². The van der Waals surface area contributed by atoms with Crippen LogP contribution in [0, 0.1) is 0 Å². The van der Waals surface area contributed by atoms with Crippen LogP contribution in [0.3, 0.4) is 0 Å². The summed E-state index contributed by atoms with van der Waals surface area (Å²) in [6.45, 7) is 3.51. The van der Waals surface area contributed by atoms with Crippen molar-refractivity contribution in [2.45, 2.75) is 4.18 Å². The van der Waals surface area contributed by atoms with Gasteiger partial charge in [0.25, 0.3) is 0 Å². The second-order valence-corrected chi connectivity index (χ2v) is 1.96. The normalized spacial score (nSPS) is 5.75. The van der Waals surface area contributed by atoms with E-state index < -0.39 is 0 Å². The molecule has 0 radical (unpaired) electrons. The Balaban J connectivity index is 2.30. The van der Waals surface area contributed by atoms with E-state index in [4.69, 9.17) is 0 Å². The summed E-state index contributed by atoms with van der Waals surface area (Å²) in [5.41, 5.74) is 0. The van der Waals surface area contributed by atoms with Crippen LogP contribution in [0.5, 0.6) is 0 Å². The Morgan fingerprint density at radius 2 is 2.25 bits per heavy atom. The van der Waals surface area contributed by atoms with Crippen molar-refractivity contribution in [2.75, 3.05) is 0 Å². The molecule has 0 aliphatic carbocycles. The molecular weight excluding hydrogens is 215 g/mol. The molecule has 0 rings (SSSR count). The molecule has 0 aromatic heterocycles. The molecule has 0 amide bonds. The van der Waals surface area contributed by atoms with Crippen LogP contribution in [0.1, 0.15) is 0 Å². The first kappa shape index (κ1) is 4.61. The van der Waals surface area contributed by atoms with Gasteiger partial charge in [-0.25, -0.2) is 0 Å². The fraction of sp³-hybridized carbons (Fsp3) is 0.333. The van der Waals surface area contributed by atoms with Crippen LogP contribution < -0.4 is 0 Å². The Kier molecular flexibility index (Phi) is 4.16. The monoisotopic (exact) mass is 221 g/mol. The van der Waals surface area contributed by atoms with E-state index in [1.807, 2.05) is 6.08 Å². The van der Waals surface area contributed by atoms with E-state index in [1.54, 1.807) is 0 Å². The first-order valence-corrected chi connectivity index (χ1v) is 3.71. The van der Waals surface area contributed by atoms with Gasteiger partial charge in [-0.05, 0) is 0 Å². The van der Waals surface area contributed by atoms with Gasteiger partial charge >= 0.3 is 41.2 Å². The molecule has 4 heavy (non-hydrogen) atoms. The van der Waals surface area contributed by atoms with E-state index in [1.165, 1.54) is 28.6 Å². The molecule has 0 nitrogen and oxygen atoms in total. The van der Waals surface area contributed by atoms with Crippen molar-refractivity contribution in [3.63, 3.8) is 0 Å². The quantitative estimate of drug-likeness (QED) is 0.458. The van der Waals surface area contributed by atoms with E-state index >= 15 is 0 Å². The zero-order chi connectivity index (χ0) is 3.41. The number of rotatable bonds is 1. The molecule has 0 fully saturated rings. The average molecular weight is 220 g/mol. The van der Waals surface area contributed by atoms with E-state index in [0.29, 0.717) is 0 Å². The zero-order valence-corrected chi connectivity index (χ0v) is 6.08. The topological polar surface area (TPSA) is 0 Å². The molecule has 0 saturated heterocycles. The summed E-state index contributed by atoms with van der Waals surface area (Å²) in [6.07, 6.45) is 1.94. The average Bonchev–Trinajstić information content (AvgIpc) is 1.37. The minimum atomic E-state index is 1.22. The van der Waals surface area contributed by atoms with Crippen molar-refractivity contribution >= 4 is 0 Å². The van der Waals surface area contributed by atoms with Gasteiger partial charge in [-0.2, -0.15) is 0 Å². The third kappa shape index (κ3) is 2.61. The molecule has 0 aromatic carbocycles. The Bertz CT molecular complexity index is 17.2. The van der Waals surface area contributed by atoms with Gasteiger partial charge in [0.2, 0.25) is 0 Å². The summed E-state index contributed by atoms with van der Waals surface area (Å²) in [6, 6.07) is 0. The van der Waals surface area contributed by atoms with Crippen LogP contribution in [0.2, 0.25) is 4.18 Å². The molecule has 0 aliphatic rings. The van der Waals surface area contributed by atoms with Crippen LogP contribution in [0.15, 0.2) is 12.7 Å². The van der Waals surface area contributed by atoms with Gasteiger partial charge in [-0.1, -0.05) is 0 Å². The van der Waals surface area contributed by atoms with E-state index in [2.05, 4.69) is 6.58 Å². The van der Waals surface area contributed by atoms with Crippen LogP contribution in [0.25, 0.3) is 0 Å². The number of allylic oxidation sites excluding steroid dienone is 1. The maximum atomic E-state index is 3.51. The van der Waals surface area contributed by atoms with Gasteiger partial charge in [0.15, 0.2) is 0 Å². The van der Waals surface area contributed by atoms with Crippen molar-refractivity contribution in [1.29, 1.82) is 0 Å². The Labute approximate surface area is 41.5 Å². The SMILES string of the molecule is C=C[CH2][Hf]. The molecule has 1 heteroatoms. The molecular formula is C3H5Hf. The number of hydrogen-bond acceptors (Lipinski definition) is 0. The summed E-state index contributed by atoms with van der Waals surface area (Å²) in [5, 5.41) is 0. The van der Waals surface area contributed by atoms with Gasteiger partial charge in [-0.3, -0.25) is 0 Å². The molecule has 0 heterocycles. The standard InChI is InChI=1S/C3H5.Hf/c1-3-2;/h3H,1-2H2;. The third-order valence-electron chi connectivity index (χ3n) is 0.144. The summed E-state index contributed by atoms with van der Waals surface area (Å²) in [5.74, 6) is 0. The van der Waals surface area contributed by atoms with Gasteiger partial charge < -0.3 is 0 Å². The van der Waals surface area contributed by atoms with Crippen molar-refractivity contribution in [2.24, 2.45) is 0 Å². The van der Waals surface area contributed by atoms with E-state index in [9.17, 15) is 0 Å². The molecule has 0 bridgehead atoms. The van der Waals surface area contributed by atoms with Crippen molar-refractivity contribution < 1.29 is 24.4 Å². The summed E-state index contributed by atoms with van der Waals surface area (Å²) in [4.78, 5) is 0. The fourth-order valence-electron chi connectivity index (χ4n) is 0. The van der Waals surface area contributed by atoms with Gasteiger partial charge in [0, 0.05) is 0 Å². The Morgan fingerprint density at radius 3 is 2.25 bits per heavy atom. The van der Waals surface area contributed by atoms with Crippen molar-refractivity contribution in [3.8, 4) is 0 Å². The Morgan fingerprint density at radius 1 is 2.00 bits per heavy atom. The second kappa shape index (κ2) is 3.61. The first-order valence-electron chi connectivity index (χ1n) is 1.17. The maximum absolute atomic E-state index is 3.51. The molecule has 0 spiro atoms. The van der Waals surface area contributed by atoms with Crippen LogP contribution in [-0.4, -0.2) is 0 Å². The van der Waals surface area contributed by atoms with Crippen molar-refractivity contribution in [3.05, 3.63) is 12.7 Å². The van der Waals surface area contributed by atoms with Crippen LogP contribution >= 0.6 is 0 Å². The van der Waals surface area contributed by atoms with E-state index in [0.717, 1.165) is 0 Å². The van der Waals surface area contributed by atoms with Gasteiger partial charge in [0.1, 0.15) is 0 Å². The summed E-state index contributed by atoms with van der Waals surface area (Å²) >= 11 is 1.27. The molecule has 0 aliphatic heterocycles. The summed E-state index contributed by atoms with van der Waals surface area (Å²) in [7, 11) is 0. The first-order chi connectivity index (χ1) is 1.91. The van der Waals surface area contributed by atoms with Gasteiger partial charge in [0.05, 0.1) is 0 Å². The predicted octanol–water partition coefficient (Wildman–Crippen LogP) is 1.14. The minimum absolute atomic E-state index is 1.22. The predicted molar refractivity (Wildman–Crippen MR) is 15.0 cm³/mol. The molecule has 0 N–H and O–H groups in total. The van der Waals surface area contributed by atoms with Crippen LogP contribution in [0.4, 0.5) is 0 Å². The third-order valence-corrected chi connectivity index (χ3v) is 1.18. The summed E-state index contributed by atoms with van der Waals surface area (Å²) < 4.78 is 1.22. The molecule has 0 saturated carbocycles. The van der Waals surface area contributed by atoms with E-state index in [-0.39, 0.29) is 0 Å². The molecule has 0 unspecified atom stereocenters. The van der Waals surface area contributed by atoms with Crippen molar-refractivity contribution in [1.82, 2.24) is 0 Å². The Hall–Kier alpha value is 0.610. The molecule has 0 atom stereocenters. The number of hydrogen-bond donors (Lipinski definition) is 0. The second-order valence-electron chi connectivity index (χ2n) is 0.493. The molecule has 0 aromatic rings.